The van der Waals surface area contributed by atoms with Crippen LogP contribution >= 0.6 is 0 Å². The molecule has 0 saturated heterocycles. The minimum Gasteiger partial charge on any atom is -0.313 e. The average Bonchev–Trinajstić information content (AvgIpc) is 2.22. The zero-order valence-electron chi connectivity index (χ0n) is 17.9. The van der Waals surface area contributed by atoms with Gasteiger partial charge in [-0.2, -0.15) is 0 Å². The summed E-state index contributed by atoms with van der Waals surface area (Å²) in [6, 6.07) is 1.15. The first-order valence-electron chi connectivity index (χ1n) is 9.09. The van der Waals surface area contributed by atoms with E-state index in [4.69, 9.17) is 0 Å². The summed E-state index contributed by atoms with van der Waals surface area (Å²) in [7, 11) is -6.03. The van der Waals surface area contributed by atoms with Crippen LogP contribution in [0.3, 0.4) is 0 Å². The summed E-state index contributed by atoms with van der Waals surface area (Å²) in [4.78, 5) is 0. The van der Waals surface area contributed by atoms with Gasteiger partial charge in [0.05, 0.1) is 0 Å². The van der Waals surface area contributed by atoms with E-state index >= 15 is 8.22 Å². The standard InChI is InChI=1S/C19H42F2Si2/c1-16(2,3)22(20,17(4,5)6)14-13-15-23(21,18(7,8)9)19(10,11)12/h13-15H2,1-12H3. The number of rotatable bonds is 4. The molecular formula is C19H42F2Si2. The van der Waals surface area contributed by atoms with Crippen LogP contribution in [0, 0.1) is 0 Å². The highest BCUT2D eigenvalue weighted by atomic mass is 28.4. The normalized spacial score (nSPS) is 15.9. The van der Waals surface area contributed by atoms with Gasteiger partial charge in [0.25, 0.3) is 16.8 Å². The van der Waals surface area contributed by atoms with Crippen molar-refractivity contribution in [1.29, 1.82) is 0 Å². The van der Waals surface area contributed by atoms with Crippen LogP contribution in [-0.4, -0.2) is 16.8 Å². The molecule has 0 atom stereocenters. The fourth-order valence-corrected chi connectivity index (χ4v) is 13.5. The van der Waals surface area contributed by atoms with Gasteiger partial charge in [0, 0.05) is 0 Å². The third kappa shape index (κ3) is 4.68. The highest BCUT2D eigenvalue weighted by molar-refractivity contribution is 6.80. The molecule has 0 aromatic heterocycles. The molecule has 0 nitrogen and oxygen atoms in total. The third-order valence-corrected chi connectivity index (χ3v) is 17.4. The lowest BCUT2D eigenvalue weighted by Crippen LogP contribution is -2.50. The SMILES string of the molecule is CC(C)(C)[Si](F)(CCC[Si](F)(C(C)(C)C)C(C)(C)C)C(C)(C)C. The molecule has 0 aliphatic rings. The van der Waals surface area contributed by atoms with E-state index in [2.05, 4.69) is 0 Å². The molecule has 0 amide bonds. The number of hydrogen-bond acceptors (Lipinski definition) is 0. The Morgan fingerprint density at radius 3 is 0.783 bits per heavy atom. The van der Waals surface area contributed by atoms with E-state index in [0.717, 1.165) is 0 Å². The number of hydrogen-bond donors (Lipinski definition) is 0. The van der Waals surface area contributed by atoms with Gasteiger partial charge >= 0.3 is 0 Å². The first-order valence-corrected chi connectivity index (χ1v) is 13.3. The first kappa shape index (κ1) is 23.3. The molecule has 0 aliphatic heterocycles. The lowest BCUT2D eigenvalue weighted by Gasteiger charge is -2.47. The van der Waals surface area contributed by atoms with Gasteiger partial charge in [-0.3, -0.25) is 0 Å². The smallest absolute Gasteiger partial charge is 0.257 e. The van der Waals surface area contributed by atoms with Gasteiger partial charge in [-0.1, -0.05) is 89.5 Å². The van der Waals surface area contributed by atoms with Crippen molar-refractivity contribution in [2.75, 3.05) is 0 Å². The topological polar surface area (TPSA) is 0 Å². The van der Waals surface area contributed by atoms with E-state index in [9.17, 15) is 0 Å². The molecule has 0 saturated carbocycles. The van der Waals surface area contributed by atoms with E-state index in [1.165, 1.54) is 0 Å². The maximum atomic E-state index is 16.0. The van der Waals surface area contributed by atoms with Crippen molar-refractivity contribution < 1.29 is 8.22 Å². The lowest BCUT2D eigenvalue weighted by atomic mass is 10.2. The van der Waals surface area contributed by atoms with Crippen LogP contribution in [0.5, 0.6) is 0 Å². The molecule has 0 bridgehead atoms. The summed E-state index contributed by atoms with van der Waals surface area (Å²) in [5.41, 5.74) is 0. The predicted molar refractivity (Wildman–Crippen MR) is 107 cm³/mol. The summed E-state index contributed by atoms with van der Waals surface area (Å²) < 4.78 is 32.0. The second kappa shape index (κ2) is 6.55. The molecule has 0 radical (unpaired) electrons. The third-order valence-electron chi connectivity index (χ3n) is 5.80. The molecular weight excluding hydrogens is 322 g/mol. The minimum absolute atomic E-state index is 0.310. The molecule has 140 valence electrons. The Bertz CT molecular complexity index is 324. The van der Waals surface area contributed by atoms with Crippen LogP contribution < -0.4 is 0 Å². The second-order valence-electron chi connectivity index (χ2n) is 11.5. The van der Waals surface area contributed by atoms with Crippen molar-refractivity contribution in [3.8, 4) is 0 Å². The van der Waals surface area contributed by atoms with Gasteiger partial charge in [0.15, 0.2) is 0 Å². The highest BCUT2D eigenvalue weighted by Crippen LogP contribution is 2.58. The lowest BCUT2D eigenvalue weighted by molar-refractivity contribution is 0.492. The zero-order chi connectivity index (χ0) is 19.1. The minimum atomic E-state index is -3.01. The quantitative estimate of drug-likeness (QED) is 0.347. The number of halogens is 2. The van der Waals surface area contributed by atoms with Crippen molar-refractivity contribution in [2.45, 2.75) is 122 Å². The Hall–Kier alpha value is 0.294. The maximum absolute atomic E-state index is 16.0. The molecule has 0 rings (SSSR count). The van der Waals surface area contributed by atoms with Gasteiger partial charge in [-0.15, -0.1) is 0 Å². The first-order chi connectivity index (χ1) is 9.71. The molecule has 0 unspecified atom stereocenters. The van der Waals surface area contributed by atoms with Crippen LogP contribution in [0.2, 0.25) is 32.2 Å². The maximum Gasteiger partial charge on any atom is 0.257 e. The van der Waals surface area contributed by atoms with Crippen LogP contribution in [0.1, 0.15) is 89.5 Å². The summed E-state index contributed by atoms with van der Waals surface area (Å²) >= 11 is 0. The molecule has 0 aromatic rings. The largest absolute Gasteiger partial charge is 0.313 e. The summed E-state index contributed by atoms with van der Waals surface area (Å²) in [6.45, 7) is 24.3. The van der Waals surface area contributed by atoms with E-state index in [-0.39, 0.29) is 20.2 Å². The predicted octanol–water partition coefficient (Wildman–Crippen LogP) is 8.41. The zero-order valence-corrected chi connectivity index (χ0v) is 19.9. The molecule has 0 heterocycles. The molecule has 23 heavy (non-hydrogen) atoms. The fraction of sp³-hybridized carbons (Fsp3) is 1.00. The van der Waals surface area contributed by atoms with Crippen molar-refractivity contribution in [1.82, 2.24) is 0 Å². The summed E-state index contributed by atoms with van der Waals surface area (Å²) in [6.07, 6.45) is 0.689. The molecule has 0 spiro atoms. The highest BCUT2D eigenvalue weighted by Gasteiger charge is 2.57. The average molecular weight is 365 g/mol. The van der Waals surface area contributed by atoms with E-state index < -0.39 is 16.8 Å². The Balaban J connectivity index is 5.38. The fourth-order valence-electron chi connectivity index (χ4n) is 4.33. The van der Waals surface area contributed by atoms with E-state index in [1.54, 1.807) is 0 Å². The van der Waals surface area contributed by atoms with Crippen LogP contribution in [0.4, 0.5) is 8.22 Å². The van der Waals surface area contributed by atoms with Crippen molar-refractivity contribution >= 4 is 16.8 Å². The van der Waals surface area contributed by atoms with Gasteiger partial charge < -0.3 is 8.22 Å². The molecule has 0 fully saturated rings. The monoisotopic (exact) mass is 364 g/mol. The van der Waals surface area contributed by atoms with E-state index in [1.807, 2.05) is 83.1 Å². The Morgan fingerprint density at radius 1 is 0.478 bits per heavy atom. The summed E-state index contributed by atoms with van der Waals surface area (Å²) in [5.74, 6) is 0. The molecule has 0 aromatic carbocycles. The van der Waals surface area contributed by atoms with E-state index in [0.29, 0.717) is 18.5 Å². The van der Waals surface area contributed by atoms with Crippen LogP contribution in [0.25, 0.3) is 0 Å². The van der Waals surface area contributed by atoms with Crippen LogP contribution in [-0.2, 0) is 0 Å². The van der Waals surface area contributed by atoms with Gasteiger partial charge in [0.1, 0.15) is 0 Å². The van der Waals surface area contributed by atoms with Crippen LogP contribution in [0.15, 0.2) is 0 Å². The molecule has 0 aliphatic carbocycles. The second-order valence-corrected chi connectivity index (χ2v) is 21.7. The summed E-state index contributed by atoms with van der Waals surface area (Å²) in [5, 5.41) is -1.24. The molecule has 4 heteroatoms. The van der Waals surface area contributed by atoms with Gasteiger partial charge in [0.2, 0.25) is 0 Å². The van der Waals surface area contributed by atoms with Crippen molar-refractivity contribution in [3.63, 3.8) is 0 Å². The Labute approximate surface area is 147 Å². The van der Waals surface area contributed by atoms with Gasteiger partial charge in [-0.25, -0.2) is 0 Å². The van der Waals surface area contributed by atoms with Gasteiger partial charge in [-0.05, 0) is 32.2 Å². The Morgan fingerprint density at radius 2 is 0.652 bits per heavy atom. The Kier molecular flexibility index (Phi) is 6.63. The van der Waals surface area contributed by atoms with Crippen molar-refractivity contribution in [3.05, 3.63) is 0 Å². The molecule has 0 N–H and O–H groups in total. The van der Waals surface area contributed by atoms with Crippen molar-refractivity contribution in [2.24, 2.45) is 0 Å².